The molecule has 1 saturated heterocycles. The van der Waals surface area contributed by atoms with Gasteiger partial charge in [-0.2, -0.15) is 0 Å². The zero-order valence-electron chi connectivity index (χ0n) is 11.3. The van der Waals surface area contributed by atoms with Crippen molar-refractivity contribution in [3.05, 3.63) is 36.0 Å². The fraction of sp³-hybridized carbons (Fsp3) is 0.500. The molecule has 3 rings (SSSR count). The highest BCUT2D eigenvalue weighted by Gasteiger charge is 2.21. The summed E-state index contributed by atoms with van der Waals surface area (Å²) >= 11 is 0. The zero-order chi connectivity index (χ0) is 13.1. The Morgan fingerprint density at radius 1 is 1.32 bits per heavy atom. The van der Waals surface area contributed by atoms with Crippen molar-refractivity contribution in [3.63, 3.8) is 0 Å². The van der Waals surface area contributed by atoms with Crippen molar-refractivity contribution in [3.8, 4) is 0 Å². The second kappa shape index (κ2) is 5.76. The van der Waals surface area contributed by atoms with Gasteiger partial charge in [-0.3, -0.25) is 0 Å². The maximum atomic E-state index is 8.99. The van der Waals surface area contributed by atoms with Crippen LogP contribution in [0.25, 0.3) is 10.9 Å². The van der Waals surface area contributed by atoms with Crippen LogP contribution in [0, 0.1) is 5.92 Å². The summed E-state index contributed by atoms with van der Waals surface area (Å²) in [6, 6.07) is 8.50. The molecule has 3 nitrogen and oxygen atoms in total. The molecule has 0 saturated carbocycles. The molecule has 0 bridgehead atoms. The third-order valence-corrected chi connectivity index (χ3v) is 4.28. The summed E-state index contributed by atoms with van der Waals surface area (Å²) in [7, 11) is 0. The first-order valence-electron chi connectivity index (χ1n) is 7.25. The lowest BCUT2D eigenvalue weighted by atomic mass is 10.1. The first-order valence-corrected chi connectivity index (χ1v) is 7.25. The first kappa shape index (κ1) is 12.7. The minimum Gasteiger partial charge on any atom is -0.396 e. The van der Waals surface area contributed by atoms with Crippen molar-refractivity contribution < 1.29 is 5.11 Å². The van der Waals surface area contributed by atoms with E-state index in [-0.39, 0.29) is 0 Å². The molecule has 1 unspecified atom stereocenters. The molecule has 2 N–H and O–H groups in total. The molecule has 0 radical (unpaired) electrons. The molecule has 102 valence electrons. The van der Waals surface area contributed by atoms with Crippen LogP contribution in [0.15, 0.2) is 30.5 Å². The number of hydrogen-bond acceptors (Lipinski definition) is 2. The summed E-state index contributed by atoms with van der Waals surface area (Å²) in [6.07, 6.45) is 5.46. The van der Waals surface area contributed by atoms with Gasteiger partial charge >= 0.3 is 0 Å². The van der Waals surface area contributed by atoms with E-state index in [4.69, 9.17) is 5.11 Å². The molecule has 0 aliphatic carbocycles. The molecule has 1 fully saturated rings. The van der Waals surface area contributed by atoms with Crippen LogP contribution >= 0.6 is 0 Å². The average molecular weight is 258 g/mol. The van der Waals surface area contributed by atoms with Crippen molar-refractivity contribution in [1.29, 1.82) is 0 Å². The van der Waals surface area contributed by atoms with Gasteiger partial charge in [-0.05, 0) is 43.4 Å². The number of aliphatic hydroxyl groups excluding tert-OH is 1. The monoisotopic (exact) mass is 258 g/mol. The minimum atomic E-state index is 0.334. The number of fused-ring (bicyclic) bond motifs is 1. The SMILES string of the molecule is OCCC1CCN(CCc2c[nH]c3ccccc23)C1. The lowest BCUT2D eigenvalue weighted by Gasteiger charge is -2.15. The van der Waals surface area contributed by atoms with Crippen molar-refractivity contribution >= 4 is 10.9 Å². The summed E-state index contributed by atoms with van der Waals surface area (Å²) in [5.41, 5.74) is 2.65. The number of aliphatic hydroxyl groups is 1. The van der Waals surface area contributed by atoms with Gasteiger partial charge in [-0.15, -0.1) is 0 Å². The maximum absolute atomic E-state index is 8.99. The van der Waals surface area contributed by atoms with Crippen LogP contribution in [-0.4, -0.2) is 41.2 Å². The quantitative estimate of drug-likeness (QED) is 0.864. The van der Waals surface area contributed by atoms with Crippen molar-refractivity contribution in [2.45, 2.75) is 19.3 Å². The largest absolute Gasteiger partial charge is 0.396 e. The number of aromatic amines is 1. The molecular formula is C16H22N2O. The summed E-state index contributed by atoms with van der Waals surface area (Å²) < 4.78 is 0. The van der Waals surface area contributed by atoms with Gasteiger partial charge in [-0.25, -0.2) is 0 Å². The van der Waals surface area contributed by atoms with Crippen LogP contribution in [0.5, 0.6) is 0 Å². The van der Waals surface area contributed by atoms with E-state index in [9.17, 15) is 0 Å². The molecule has 0 amide bonds. The third-order valence-electron chi connectivity index (χ3n) is 4.28. The minimum absolute atomic E-state index is 0.334. The molecule has 2 heterocycles. The third kappa shape index (κ3) is 2.82. The Bertz CT molecular complexity index is 534. The molecule has 2 aromatic rings. The van der Waals surface area contributed by atoms with Crippen LogP contribution in [0.1, 0.15) is 18.4 Å². The molecule has 1 aliphatic rings. The predicted octanol–water partition coefficient (Wildman–Crippen LogP) is 2.41. The van der Waals surface area contributed by atoms with Crippen LogP contribution in [0.4, 0.5) is 0 Å². The Kier molecular flexibility index (Phi) is 3.85. The predicted molar refractivity (Wildman–Crippen MR) is 78.3 cm³/mol. The summed E-state index contributed by atoms with van der Waals surface area (Å²) in [5.74, 6) is 0.702. The summed E-state index contributed by atoms with van der Waals surface area (Å²) in [4.78, 5) is 5.87. The van der Waals surface area contributed by atoms with Gasteiger partial charge in [0, 0.05) is 36.8 Å². The van der Waals surface area contributed by atoms with Crippen molar-refractivity contribution in [2.75, 3.05) is 26.2 Å². The molecule has 3 heteroatoms. The lowest BCUT2D eigenvalue weighted by Crippen LogP contribution is -2.23. The average Bonchev–Trinajstić information content (AvgIpc) is 3.04. The van der Waals surface area contributed by atoms with Crippen molar-refractivity contribution in [2.24, 2.45) is 5.92 Å². The number of hydrogen-bond donors (Lipinski definition) is 2. The Hall–Kier alpha value is -1.32. The van der Waals surface area contributed by atoms with E-state index in [2.05, 4.69) is 40.3 Å². The van der Waals surface area contributed by atoms with Gasteiger partial charge in [0.15, 0.2) is 0 Å². The second-order valence-corrected chi connectivity index (χ2v) is 5.58. The highest BCUT2D eigenvalue weighted by atomic mass is 16.3. The van der Waals surface area contributed by atoms with E-state index in [0.717, 1.165) is 25.9 Å². The number of nitrogens with one attached hydrogen (secondary N) is 1. The first-order chi connectivity index (χ1) is 9.36. The second-order valence-electron chi connectivity index (χ2n) is 5.58. The number of rotatable bonds is 5. The number of nitrogens with zero attached hydrogens (tertiary/aromatic N) is 1. The number of aromatic nitrogens is 1. The smallest absolute Gasteiger partial charge is 0.0456 e. The van der Waals surface area contributed by atoms with Crippen LogP contribution < -0.4 is 0 Å². The Morgan fingerprint density at radius 2 is 2.21 bits per heavy atom. The normalized spacial score (nSPS) is 20.4. The number of likely N-dealkylation sites (tertiary alicyclic amines) is 1. The number of benzene rings is 1. The van der Waals surface area contributed by atoms with Crippen molar-refractivity contribution in [1.82, 2.24) is 9.88 Å². The van der Waals surface area contributed by atoms with Crippen LogP contribution in [0.3, 0.4) is 0 Å². The van der Waals surface area contributed by atoms with E-state index in [1.807, 2.05) is 0 Å². The van der Waals surface area contributed by atoms with Crippen LogP contribution in [0.2, 0.25) is 0 Å². The Labute approximate surface area is 114 Å². The molecule has 1 aromatic heterocycles. The molecule has 1 atom stereocenters. The van der Waals surface area contributed by atoms with Gasteiger partial charge in [0.05, 0.1) is 0 Å². The topological polar surface area (TPSA) is 39.3 Å². The lowest BCUT2D eigenvalue weighted by molar-refractivity contribution is 0.251. The molecule has 1 aliphatic heterocycles. The van der Waals surface area contributed by atoms with Gasteiger partial charge in [0.25, 0.3) is 0 Å². The fourth-order valence-corrected chi connectivity index (χ4v) is 3.15. The van der Waals surface area contributed by atoms with Crippen LogP contribution in [-0.2, 0) is 6.42 Å². The standard InChI is InChI=1S/C16H22N2O/c19-10-7-13-5-8-18(12-13)9-6-14-11-17-16-4-2-1-3-15(14)16/h1-4,11,13,17,19H,5-10,12H2. The highest BCUT2D eigenvalue weighted by molar-refractivity contribution is 5.83. The van der Waals surface area contributed by atoms with E-state index in [1.165, 1.54) is 29.4 Å². The summed E-state index contributed by atoms with van der Waals surface area (Å²) in [6.45, 7) is 3.81. The zero-order valence-corrected chi connectivity index (χ0v) is 11.3. The van der Waals surface area contributed by atoms with Gasteiger partial charge < -0.3 is 15.0 Å². The van der Waals surface area contributed by atoms with Gasteiger partial charge in [0.1, 0.15) is 0 Å². The Morgan fingerprint density at radius 3 is 3.11 bits per heavy atom. The Balaban J connectivity index is 1.58. The van der Waals surface area contributed by atoms with E-state index in [1.54, 1.807) is 0 Å². The molecular weight excluding hydrogens is 236 g/mol. The number of H-pyrrole nitrogens is 1. The molecule has 0 spiro atoms. The fourth-order valence-electron chi connectivity index (χ4n) is 3.15. The maximum Gasteiger partial charge on any atom is 0.0456 e. The van der Waals surface area contributed by atoms with E-state index in [0.29, 0.717) is 12.5 Å². The highest BCUT2D eigenvalue weighted by Crippen LogP contribution is 2.21. The molecule has 19 heavy (non-hydrogen) atoms. The summed E-state index contributed by atoms with van der Waals surface area (Å²) in [5, 5.41) is 10.3. The van der Waals surface area contributed by atoms with E-state index < -0.39 is 0 Å². The van der Waals surface area contributed by atoms with E-state index >= 15 is 0 Å². The number of para-hydroxylation sites is 1. The molecule has 1 aromatic carbocycles. The van der Waals surface area contributed by atoms with Gasteiger partial charge in [-0.1, -0.05) is 18.2 Å². The van der Waals surface area contributed by atoms with Gasteiger partial charge in [0.2, 0.25) is 0 Å².